The number of rotatable bonds is 5. The smallest absolute Gasteiger partial charge is 0.338 e. The number of carbonyl (C=O) groups is 4. The second kappa shape index (κ2) is 8.13. The fraction of sp³-hybridized carbons (Fsp3) is 0.417. The summed E-state index contributed by atoms with van der Waals surface area (Å²) in [5.74, 6) is -1.63. The summed E-state index contributed by atoms with van der Waals surface area (Å²) in [6.45, 7) is 3.35. The van der Waals surface area contributed by atoms with Gasteiger partial charge in [-0.3, -0.25) is 19.3 Å². The molecule has 0 N–H and O–H groups in total. The summed E-state index contributed by atoms with van der Waals surface area (Å²) < 4.78 is 7.10. The van der Waals surface area contributed by atoms with Gasteiger partial charge in [0.2, 0.25) is 5.78 Å². The Kier molecular flexibility index (Phi) is 5.52. The number of benzene rings is 1. The van der Waals surface area contributed by atoms with Crippen LogP contribution in [0.1, 0.15) is 84.9 Å². The molecule has 0 atom stereocenters. The van der Waals surface area contributed by atoms with E-state index in [1.165, 1.54) is 23.1 Å². The van der Waals surface area contributed by atoms with E-state index in [0.717, 1.165) is 43.5 Å². The van der Waals surface area contributed by atoms with Gasteiger partial charge in [-0.2, -0.15) is 0 Å². The van der Waals surface area contributed by atoms with Gasteiger partial charge in [-0.25, -0.2) is 4.79 Å². The lowest BCUT2D eigenvalue weighted by atomic mass is 9.94. The van der Waals surface area contributed by atoms with Crippen molar-refractivity contribution in [2.24, 2.45) is 7.05 Å². The standard InChI is InChI=1S/C24H26N2O5/c1-14-11-19(15(2)25(14)3)21(27)13-31-24(30)16-9-10-18-20(12-16)23(29)26(22(18)28)17-7-5-4-6-8-17/h9-12,17H,4-8,13H2,1-3H3. The number of aromatic nitrogens is 1. The fourth-order valence-corrected chi connectivity index (χ4v) is 4.49. The highest BCUT2D eigenvalue weighted by Gasteiger charge is 2.40. The summed E-state index contributed by atoms with van der Waals surface area (Å²) in [6, 6.07) is 6.07. The third-order valence-corrected chi connectivity index (χ3v) is 6.50. The monoisotopic (exact) mass is 422 g/mol. The van der Waals surface area contributed by atoms with Gasteiger partial charge in [0.05, 0.1) is 16.7 Å². The highest BCUT2D eigenvalue weighted by Crippen LogP contribution is 2.31. The second-order valence-electron chi connectivity index (χ2n) is 8.38. The van der Waals surface area contributed by atoms with E-state index >= 15 is 0 Å². The number of aryl methyl sites for hydroxylation is 1. The Hall–Kier alpha value is -3.22. The van der Waals surface area contributed by atoms with Crippen molar-refractivity contribution in [3.05, 3.63) is 57.9 Å². The Balaban J connectivity index is 1.47. The Morgan fingerprint density at radius 3 is 2.32 bits per heavy atom. The molecule has 4 rings (SSSR count). The number of hydrogen-bond acceptors (Lipinski definition) is 5. The highest BCUT2D eigenvalue weighted by molar-refractivity contribution is 6.22. The molecule has 31 heavy (non-hydrogen) atoms. The molecule has 1 aromatic heterocycles. The molecule has 2 amide bonds. The van der Waals surface area contributed by atoms with Crippen LogP contribution in [0.15, 0.2) is 24.3 Å². The van der Waals surface area contributed by atoms with Gasteiger partial charge in [-0.05, 0) is 51.0 Å². The molecular weight excluding hydrogens is 396 g/mol. The molecule has 1 fully saturated rings. The van der Waals surface area contributed by atoms with Crippen LogP contribution in [0, 0.1) is 13.8 Å². The number of ether oxygens (including phenoxy) is 1. The van der Waals surface area contributed by atoms with Crippen molar-refractivity contribution in [1.82, 2.24) is 9.47 Å². The SMILES string of the molecule is Cc1cc(C(=O)COC(=O)c2ccc3c(c2)C(=O)N(C2CCCCC2)C3=O)c(C)n1C. The zero-order valence-electron chi connectivity index (χ0n) is 18.1. The number of Topliss-reactive ketones (excluding diaryl/α,β-unsaturated/α-hetero) is 1. The van der Waals surface area contributed by atoms with Crippen LogP contribution in [-0.4, -0.2) is 45.7 Å². The van der Waals surface area contributed by atoms with Crippen LogP contribution in [0.2, 0.25) is 0 Å². The van der Waals surface area contributed by atoms with Gasteiger partial charge < -0.3 is 9.30 Å². The first-order chi connectivity index (χ1) is 14.8. The first kappa shape index (κ1) is 21.0. The predicted octanol–water partition coefficient (Wildman–Crippen LogP) is 3.61. The van der Waals surface area contributed by atoms with E-state index in [4.69, 9.17) is 4.74 Å². The Morgan fingerprint density at radius 1 is 1.00 bits per heavy atom. The van der Waals surface area contributed by atoms with Gasteiger partial charge >= 0.3 is 5.97 Å². The molecule has 2 aliphatic rings. The van der Waals surface area contributed by atoms with Crippen molar-refractivity contribution < 1.29 is 23.9 Å². The topological polar surface area (TPSA) is 85.7 Å². The number of imide groups is 1. The van der Waals surface area contributed by atoms with Crippen LogP contribution in [-0.2, 0) is 11.8 Å². The molecule has 2 aromatic rings. The van der Waals surface area contributed by atoms with Crippen LogP contribution in [0.5, 0.6) is 0 Å². The maximum absolute atomic E-state index is 12.9. The third-order valence-electron chi connectivity index (χ3n) is 6.50. The minimum Gasteiger partial charge on any atom is -0.454 e. The van der Waals surface area contributed by atoms with E-state index < -0.39 is 5.97 Å². The van der Waals surface area contributed by atoms with Gasteiger partial charge in [-0.15, -0.1) is 0 Å². The van der Waals surface area contributed by atoms with Crippen molar-refractivity contribution >= 4 is 23.6 Å². The lowest BCUT2D eigenvalue weighted by Gasteiger charge is -2.29. The first-order valence-corrected chi connectivity index (χ1v) is 10.6. The molecule has 0 bridgehead atoms. The molecule has 7 nitrogen and oxygen atoms in total. The van der Waals surface area contributed by atoms with Crippen molar-refractivity contribution in [3.63, 3.8) is 0 Å². The van der Waals surface area contributed by atoms with Crippen LogP contribution in [0.3, 0.4) is 0 Å². The van der Waals surface area contributed by atoms with Gasteiger partial charge in [-0.1, -0.05) is 19.3 Å². The summed E-state index contributed by atoms with van der Waals surface area (Å²) >= 11 is 0. The molecule has 0 radical (unpaired) electrons. The first-order valence-electron chi connectivity index (χ1n) is 10.6. The zero-order valence-corrected chi connectivity index (χ0v) is 18.1. The fourth-order valence-electron chi connectivity index (χ4n) is 4.49. The molecule has 7 heteroatoms. The number of amides is 2. The molecule has 162 valence electrons. The number of hydrogen-bond donors (Lipinski definition) is 0. The van der Waals surface area contributed by atoms with Crippen molar-refractivity contribution in [1.29, 1.82) is 0 Å². The summed E-state index contributed by atoms with van der Waals surface area (Å²) in [6.07, 6.45) is 4.77. The van der Waals surface area contributed by atoms with Crippen molar-refractivity contribution in [2.75, 3.05) is 6.61 Å². The molecule has 1 saturated carbocycles. The lowest BCUT2D eigenvalue weighted by Crippen LogP contribution is -2.40. The minimum atomic E-state index is -0.696. The van der Waals surface area contributed by atoms with E-state index in [1.54, 1.807) is 6.07 Å². The Morgan fingerprint density at radius 2 is 1.68 bits per heavy atom. The minimum absolute atomic E-state index is 0.0771. The largest absolute Gasteiger partial charge is 0.454 e. The maximum Gasteiger partial charge on any atom is 0.338 e. The van der Waals surface area contributed by atoms with Crippen LogP contribution in [0.4, 0.5) is 0 Å². The normalized spacial score (nSPS) is 16.5. The summed E-state index contributed by atoms with van der Waals surface area (Å²) in [5.41, 5.74) is 2.97. The number of fused-ring (bicyclic) bond motifs is 1. The molecule has 1 aliphatic carbocycles. The molecule has 0 unspecified atom stereocenters. The van der Waals surface area contributed by atoms with E-state index in [0.29, 0.717) is 11.1 Å². The number of esters is 1. The van der Waals surface area contributed by atoms with E-state index in [9.17, 15) is 19.2 Å². The molecule has 0 saturated heterocycles. The van der Waals surface area contributed by atoms with E-state index in [-0.39, 0.29) is 41.4 Å². The van der Waals surface area contributed by atoms with Gasteiger partial charge in [0, 0.05) is 30.0 Å². The van der Waals surface area contributed by atoms with Gasteiger partial charge in [0.1, 0.15) is 0 Å². The summed E-state index contributed by atoms with van der Waals surface area (Å²) in [7, 11) is 1.87. The van der Waals surface area contributed by atoms with E-state index in [1.807, 2.05) is 25.5 Å². The highest BCUT2D eigenvalue weighted by atomic mass is 16.5. The molecule has 0 spiro atoms. The molecule has 1 aliphatic heterocycles. The Labute approximate surface area is 181 Å². The van der Waals surface area contributed by atoms with Gasteiger partial charge in [0.15, 0.2) is 6.61 Å². The van der Waals surface area contributed by atoms with Crippen LogP contribution in [0.25, 0.3) is 0 Å². The second-order valence-corrected chi connectivity index (χ2v) is 8.38. The quantitative estimate of drug-likeness (QED) is 0.417. The van der Waals surface area contributed by atoms with Crippen LogP contribution >= 0.6 is 0 Å². The molecule has 2 heterocycles. The lowest BCUT2D eigenvalue weighted by molar-refractivity contribution is 0.0474. The van der Waals surface area contributed by atoms with Crippen molar-refractivity contribution in [3.8, 4) is 0 Å². The molecular formula is C24H26N2O5. The summed E-state index contributed by atoms with van der Waals surface area (Å²) in [4.78, 5) is 52.0. The average molecular weight is 422 g/mol. The third kappa shape index (κ3) is 3.69. The Bertz CT molecular complexity index is 1090. The van der Waals surface area contributed by atoms with Gasteiger partial charge in [0.25, 0.3) is 11.8 Å². The average Bonchev–Trinajstić information content (AvgIpc) is 3.19. The number of carbonyl (C=O) groups excluding carboxylic acids is 4. The van der Waals surface area contributed by atoms with Crippen molar-refractivity contribution in [2.45, 2.75) is 52.0 Å². The predicted molar refractivity (Wildman–Crippen MR) is 113 cm³/mol. The van der Waals surface area contributed by atoms with E-state index in [2.05, 4.69) is 0 Å². The maximum atomic E-state index is 12.9. The van der Waals surface area contributed by atoms with Crippen LogP contribution < -0.4 is 0 Å². The number of nitrogens with zero attached hydrogens (tertiary/aromatic N) is 2. The zero-order chi connectivity index (χ0) is 22.3. The summed E-state index contributed by atoms with van der Waals surface area (Å²) in [5, 5.41) is 0. The molecule has 1 aromatic carbocycles. The number of ketones is 1.